The van der Waals surface area contributed by atoms with Crippen molar-refractivity contribution >= 4 is 84.2 Å². The van der Waals surface area contributed by atoms with E-state index in [4.69, 9.17) is 0 Å². The summed E-state index contributed by atoms with van der Waals surface area (Å²) >= 11 is 4.04. The van der Waals surface area contributed by atoms with Crippen LogP contribution in [-0.4, -0.2) is 12.8 Å². The molecule has 4 heterocycles. The van der Waals surface area contributed by atoms with Crippen molar-refractivity contribution in [2.75, 3.05) is 14.7 Å². The van der Waals surface area contributed by atoms with E-state index in [-0.39, 0.29) is 34.4 Å². The predicted molar refractivity (Wildman–Crippen MR) is 271 cm³/mol. The topological polar surface area (TPSA) is 9.72 Å². The molecule has 2 aliphatic carbocycles. The van der Waals surface area contributed by atoms with E-state index in [1.165, 1.54) is 81.4 Å². The van der Waals surface area contributed by atoms with Gasteiger partial charge in [0.15, 0.2) is 0 Å². The maximum atomic E-state index is 2.61. The van der Waals surface area contributed by atoms with Crippen molar-refractivity contribution in [1.82, 2.24) is 0 Å². The van der Waals surface area contributed by atoms with Gasteiger partial charge in [0.1, 0.15) is 0 Å². The second-order valence-corrected chi connectivity index (χ2v) is 23.6. The van der Waals surface area contributed by atoms with Crippen LogP contribution in [0.15, 0.2) is 133 Å². The minimum absolute atomic E-state index is 0.00289. The maximum absolute atomic E-state index is 2.61. The van der Waals surface area contributed by atoms with Gasteiger partial charge in [0.05, 0.1) is 17.4 Å². The van der Waals surface area contributed by atoms with Gasteiger partial charge >= 0.3 is 0 Å². The fourth-order valence-corrected chi connectivity index (χ4v) is 11.8. The number of hydrogen-bond donors (Lipinski definition) is 0. The van der Waals surface area contributed by atoms with Gasteiger partial charge in [-0.3, -0.25) is 0 Å². The molecular formula is C55H62BN3S2. The monoisotopic (exact) mass is 839 g/mol. The first-order chi connectivity index (χ1) is 28.8. The third-order valence-corrected chi connectivity index (χ3v) is 15.8. The van der Waals surface area contributed by atoms with Gasteiger partial charge in [-0.05, 0) is 106 Å². The summed E-state index contributed by atoms with van der Waals surface area (Å²) in [6, 6.07) is 29.0. The van der Waals surface area contributed by atoms with Crippen LogP contribution < -0.4 is 29.7 Å². The fourth-order valence-electron chi connectivity index (χ4n) is 9.12. The molecule has 0 unspecified atom stereocenters. The van der Waals surface area contributed by atoms with Crippen molar-refractivity contribution in [3.05, 3.63) is 154 Å². The molecule has 9 rings (SSSR count). The van der Waals surface area contributed by atoms with Crippen LogP contribution in [0.4, 0.5) is 39.8 Å². The van der Waals surface area contributed by atoms with Crippen molar-refractivity contribution in [3.8, 4) is 0 Å². The van der Waals surface area contributed by atoms with Gasteiger partial charge in [-0.2, -0.15) is 22.7 Å². The summed E-state index contributed by atoms with van der Waals surface area (Å²) in [5, 5.41) is 0. The molecule has 0 saturated heterocycles. The van der Waals surface area contributed by atoms with E-state index in [9.17, 15) is 0 Å². The van der Waals surface area contributed by atoms with Gasteiger partial charge in [0.25, 0.3) is 6.71 Å². The molecule has 0 atom stereocenters. The molecule has 0 radical (unpaired) electrons. The summed E-state index contributed by atoms with van der Waals surface area (Å²) in [4.78, 5) is 10.6. The Hall–Kier alpha value is -4.78. The van der Waals surface area contributed by atoms with E-state index in [0.717, 1.165) is 12.8 Å². The lowest BCUT2D eigenvalue weighted by Crippen LogP contribution is -2.59. The number of rotatable bonds is 5. The molecular weight excluding hydrogens is 778 g/mol. The zero-order valence-corrected chi connectivity index (χ0v) is 40.0. The Kier molecular flexibility index (Phi) is 10.2. The van der Waals surface area contributed by atoms with Gasteiger partial charge in [0.2, 0.25) is 0 Å². The van der Waals surface area contributed by atoms with Crippen LogP contribution in [0.25, 0.3) is 0 Å². The summed E-state index contributed by atoms with van der Waals surface area (Å²) in [6.07, 6.45) is 22.6. The Morgan fingerprint density at radius 3 is 1.39 bits per heavy atom. The molecule has 0 amide bonds. The number of benzene rings is 3. The van der Waals surface area contributed by atoms with E-state index in [0.29, 0.717) is 0 Å². The number of thiophene rings is 2. The first-order valence-corrected chi connectivity index (χ1v) is 23.9. The Bertz CT molecular complexity index is 2480. The lowest BCUT2D eigenvalue weighted by atomic mass is 9.39. The Morgan fingerprint density at radius 2 is 1.00 bits per heavy atom. The molecule has 4 aliphatic rings. The number of allylic oxidation sites excluding steroid dienone is 7. The number of hydrogen-bond acceptors (Lipinski definition) is 5. The van der Waals surface area contributed by atoms with Gasteiger partial charge in [-0.1, -0.05) is 156 Å². The van der Waals surface area contributed by atoms with Crippen LogP contribution in [0, 0.1) is 0 Å². The van der Waals surface area contributed by atoms with E-state index >= 15 is 0 Å². The molecule has 5 aromatic rings. The third-order valence-electron chi connectivity index (χ3n) is 12.6. The SMILES string of the molecule is CC(C)(C)c1ccc(N2c3cc(C(C)(C)C)sc3B3c4sc(C(C)(C)C)cc4N(c4ccc(C(C)(C)C)cc4)c4cc(N(C5=CCCC=C5)C5C=CC=CC=C5)cc2c43)cc1. The summed E-state index contributed by atoms with van der Waals surface area (Å²) in [5.41, 5.74) is 14.1. The first kappa shape index (κ1) is 41.6. The smallest absolute Gasteiger partial charge is 0.277 e. The van der Waals surface area contributed by atoms with Crippen molar-refractivity contribution in [2.45, 2.75) is 124 Å². The lowest BCUT2D eigenvalue weighted by Gasteiger charge is -2.43. The summed E-state index contributed by atoms with van der Waals surface area (Å²) in [6.45, 7) is 28.2. The molecule has 0 fully saturated rings. The molecule has 0 spiro atoms. The average molecular weight is 840 g/mol. The second kappa shape index (κ2) is 14.9. The minimum Gasteiger partial charge on any atom is -0.331 e. The zero-order valence-electron chi connectivity index (χ0n) is 38.4. The van der Waals surface area contributed by atoms with Crippen LogP contribution in [0.3, 0.4) is 0 Å². The first-order valence-electron chi connectivity index (χ1n) is 22.2. The molecule has 0 saturated carbocycles. The molecule has 2 aliphatic heterocycles. The highest BCUT2D eigenvalue weighted by atomic mass is 32.1. The molecule has 61 heavy (non-hydrogen) atoms. The molecule has 0 bridgehead atoms. The van der Waals surface area contributed by atoms with E-state index in [1.54, 1.807) is 0 Å². The highest BCUT2D eigenvalue weighted by Crippen LogP contribution is 2.50. The predicted octanol–water partition coefficient (Wildman–Crippen LogP) is 14.2. The molecule has 0 N–H and O–H groups in total. The highest BCUT2D eigenvalue weighted by molar-refractivity contribution is 7.36. The molecule has 2 aromatic heterocycles. The average Bonchev–Trinajstić information content (AvgIpc) is 3.77. The van der Waals surface area contributed by atoms with Gasteiger partial charge in [0, 0.05) is 53.4 Å². The summed E-state index contributed by atoms with van der Waals surface area (Å²) in [5.74, 6) is 0. The lowest BCUT2D eigenvalue weighted by molar-refractivity contribution is 0.590. The molecule has 3 aromatic carbocycles. The van der Waals surface area contributed by atoms with E-state index in [1.807, 2.05) is 22.7 Å². The zero-order chi connectivity index (χ0) is 43.2. The maximum Gasteiger partial charge on any atom is 0.277 e. The van der Waals surface area contributed by atoms with Gasteiger partial charge < -0.3 is 14.7 Å². The molecule has 6 heteroatoms. The summed E-state index contributed by atoms with van der Waals surface area (Å²) < 4.78 is 2.88. The van der Waals surface area contributed by atoms with Crippen molar-refractivity contribution in [3.63, 3.8) is 0 Å². The van der Waals surface area contributed by atoms with Crippen LogP contribution >= 0.6 is 22.7 Å². The van der Waals surface area contributed by atoms with Crippen LogP contribution in [0.2, 0.25) is 0 Å². The Morgan fingerprint density at radius 1 is 0.541 bits per heavy atom. The number of fused-ring (bicyclic) bond motifs is 4. The van der Waals surface area contributed by atoms with Crippen molar-refractivity contribution in [2.24, 2.45) is 0 Å². The van der Waals surface area contributed by atoms with Crippen LogP contribution in [0.5, 0.6) is 0 Å². The van der Waals surface area contributed by atoms with E-state index in [2.05, 4.69) is 225 Å². The van der Waals surface area contributed by atoms with Crippen LogP contribution in [-0.2, 0) is 21.7 Å². The second-order valence-electron chi connectivity index (χ2n) is 21.4. The van der Waals surface area contributed by atoms with Gasteiger partial charge in [-0.25, -0.2) is 0 Å². The van der Waals surface area contributed by atoms with Crippen molar-refractivity contribution in [1.29, 1.82) is 0 Å². The number of nitrogens with zero attached hydrogens (tertiary/aromatic N) is 3. The molecule has 312 valence electrons. The Labute approximate surface area is 374 Å². The normalized spacial score (nSPS) is 16.4. The summed E-state index contributed by atoms with van der Waals surface area (Å²) in [7, 11) is 0. The Balaban J connectivity index is 1.40. The number of anilines is 7. The van der Waals surface area contributed by atoms with Gasteiger partial charge in [-0.15, -0.1) is 0 Å². The van der Waals surface area contributed by atoms with Crippen LogP contribution in [0.1, 0.15) is 117 Å². The highest BCUT2D eigenvalue weighted by Gasteiger charge is 2.47. The quantitative estimate of drug-likeness (QED) is 0.160. The van der Waals surface area contributed by atoms with E-state index < -0.39 is 0 Å². The minimum atomic E-state index is -0.00289. The largest absolute Gasteiger partial charge is 0.331 e. The third kappa shape index (κ3) is 7.52. The standard InChI is InChI=1S/C55H62BN3S2/c1-52(2,3)36-24-28-40(29-25-36)58-43-32-42(57(39-22-18-15-19-23-39)38-20-16-13-14-17-21-38)33-44-49(43)56(50-45(58)34-47(60-50)54(7,8)9)51-46(35-48(61-51)55(10,11)12)59(44)41-30-26-37(27-31-41)53(4,5)6/h13-14,16-18,20-35,38H,15,19H2,1-12H3. The fraction of sp³-hybridized carbons (Fsp3) is 0.345. The molecule has 3 nitrogen and oxygen atoms in total. The van der Waals surface area contributed by atoms with Crippen molar-refractivity contribution < 1.29 is 0 Å².